The maximum atomic E-state index is 12.6. The molecule has 4 nitrogen and oxygen atoms in total. The molecule has 1 amide bonds. The van der Waals surface area contributed by atoms with Crippen LogP contribution in [-0.2, 0) is 0 Å². The lowest BCUT2D eigenvalue weighted by molar-refractivity contribution is -0.0101. The lowest BCUT2D eigenvalue weighted by Crippen LogP contribution is -2.61. The van der Waals surface area contributed by atoms with Crippen molar-refractivity contribution in [3.8, 4) is 5.75 Å². The number of unbranched alkanes of at least 4 members (excludes halogenated alkanes) is 1. The number of carbonyl (C=O) groups excluding carboxylic acids is 1. The Morgan fingerprint density at radius 2 is 1.85 bits per heavy atom. The van der Waals surface area contributed by atoms with Crippen LogP contribution in [0, 0.1) is 17.8 Å². The normalized spacial score (nSPS) is 30.8. The molecule has 4 saturated carbocycles. The fourth-order valence-electron chi connectivity index (χ4n) is 5.77. The van der Waals surface area contributed by atoms with Gasteiger partial charge in [0.1, 0.15) is 5.75 Å². The summed E-state index contributed by atoms with van der Waals surface area (Å²) in [6.45, 7) is 2.80. The van der Waals surface area contributed by atoms with Gasteiger partial charge in [-0.1, -0.05) is 19.4 Å². The Hall–Kier alpha value is -1.62. The second-order valence-electron chi connectivity index (χ2n) is 8.84. The first-order valence-corrected chi connectivity index (χ1v) is 10.8. The van der Waals surface area contributed by atoms with Crippen LogP contribution in [0.1, 0.15) is 68.6 Å². The fraction of sp³-hybridized carbons (Fsp3) is 0.636. The number of amides is 1. The van der Waals surface area contributed by atoms with Gasteiger partial charge in [-0.15, -0.1) is 0 Å². The predicted octanol–water partition coefficient (Wildman–Crippen LogP) is 4.44. The highest BCUT2D eigenvalue weighted by atomic mass is 32.1. The average molecular weight is 387 g/mol. The summed E-state index contributed by atoms with van der Waals surface area (Å²) in [5, 5.41) is 6.91. The standard InChI is InChI=1S/C22H30N2O2S/c1-2-3-7-26-19-6-4-5-18(11-19)20(25)23-21(27)24-22-12-15-8-16(13-22)10-17(9-15)14-22/h4-6,11,15-17H,2-3,7-10,12-14H2,1H3,(H2,23,24,25,27). The molecule has 0 aromatic heterocycles. The van der Waals surface area contributed by atoms with Crippen molar-refractivity contribution in [1.29, 1.82) is 0 Å². The minimum atomic E-state index is -0.168. The van der Waals surface area contributed by atoms with Crippen molar-refractivity contribution in [3.05, 3.63) is 29.8 Å². The highest BCUT2D eigenvalue weighted by Gasteiger charge is 2.51. The van der Waals surface area contributed by atoms with Gasteiger partial charge in [0.2, 0.25) is 0 Å². The molecule has 5 heteroatoms. The van der Waals surface area contributed by atoms with E-state index in [-0.39, 0.29) is 11.4 Å². The lowest BCUT2D eigenvalue weighted by atomic mass is 9.53. The molecule has 0 saturated heterocycles. The largest absolute Gasteiger partial charge is 0.494 e. The quantitative estimate of drug-likeness (QED) is 0.561. The summed E-state index contributed by atoms with van der Waals surface area (Å²) in [4.78, 5) is 12.6. The summed E-state index contributed by atoms with van der Waals surface area (Å²) in [5.41, 5.74) is 0.697. The molecule has 27 heavy (non-hydrogen) atoms. The van der Waals surface area contributed by atoms with Crippen LogP contribution in [0.25, 0.3) is 0 Å². The van der Waals surface area contributed by atoms with E-state index in [4.69, 9.17) is 17.0 Å². The first-order chi connectivity index (χ1) is 13.0. The Kier molecular flexibility index (Phi) is 5.40. The molecule has 1 aromatic carbocycles. The van der Waals surface area contributed by atoms with Crippen LogP contribution >= 0.6 is 12.2 Å². The number of hydrogen-bond acceptors (Lipinski definition) is 3. The molecule has 4 bridgehead atoms. The number of benzene rings is 1. The second-order valence-corrected chi connectivity index (χ2v) is 9.24. The Balaban J connectivity index is 1.34. The molecule has 0 unspecified atom stereocenters. The molecule has 0 radical (unpaired) electrons. The van der Waals surface area contributed by atoms with Crippen molar-refractivity contribution >= 4 is 23.2 Å². The summed E-state index contributed by atoms with van der Waals surface area (Å²) in [7, 11) is 0. The zero-order valence-corrected chi connectivity index (χ0v) is 16.9. The summed E-state index contributed by atoms with van der Waals surface area (Å²) in [5.74, 6) is 3.10. The molecule has 2 N–H and O–H groups in total. The highest BCUT2D eigenvalue weighted by Crippen LogP contribution is 2.55. The molecule has 1 aromatic rings. The van der Waals surface area contributed by atoms with Crippen molar-refractivity contribution in [1.82, 2.24) is 10.6 Å². The minimum Gasteiger partial charge on any atom is -0.494 e. The van der Waals surface area contributed by atoms with E-state index >= 15 is 0 Å². The number of rotatable bonds is 6. The van der Waals surface area contributed by atoms with E-state index in [1.807, 2.05) is 12.1 Å². The van der Waals surface area contributed by atoms with Crippen molar-refractivity contribution in [2.75, 3.05) is 6.61 Å². The maximum absolute atomic E-state index is 12.6. The Morgan fingerprint density at radius 1 is 1.19 bits per heavy atom. The average Bonchev–Trinajstić information content (AvgIpc) is 2.60. The molecule has 0 aliphatic heterocycles. The van der Waals surface area contributed by atoms with Gasteiger partial charge in [-0.05, 0) is 93.1 Å². The Labute approximate surface area is 167 Å². The van der Waals surface area contributed by atoms with E-state index in [2.05, 4.69) is 17.6 Å². The third-order valence-corrected chi connectivity index (χ3v) is 6.71. The van der Waals surface area contributed by atoms with E-state index < -0.39 is 0 Å². The van der Waals surface area contributed by atoms with Gasteiger partial charge >= 0.3 is 0 Å². The van der Waals surface area contributed by atoms with E-state index in [9.17, 15) is 4.79 Å². The molecule has 146 valence electrons. The van der Waals surface area contributed by atoms with Crippen LogP contribution in [0.15, 0.2) is 24.3 Å². The number of nitrogens with one attached hydrogen (secondary N) is 2. The summed E-state index contributed by atoms with van der Waals surface area (Å²) in [6, 6.07) is 7.33. The smallest absolute Gasteiger partial charge is 0.257 e. The van der Waals surface area contributed by atoms with Crippen LogP contribution < -0.4 is 15.4 Å². The third kappa shape index (κ3) is 4.29. The number of hydrogen-bond donors (Lipinski definition) is 2. The van der Waals surface area contributed by atoms with Crippen molar-refractivity contribution in [3.63, 3.8) is 0 Å². The molecule has 4 aliphatic carbocycles. The lowest BCUT2D eigenvalue weighted by Gasteiger charge is -2.57. The van der Waals surface area contributed by atoms with Crippen LogP contribution in [0.4, 0.5) is 0 Å². The van der Waals surface area contributed by atoms with Crippen molar-refractivity contribution < 1.29 is 9.53 Å². The molecule has 0 spiro atoms. The molecular weight excluding hydrogens is 356 g/mol. The topological polar surface area (TPSA) is 50.4 Å². The first-order valence-electron chi connectivity index (χ1n) is 10.4. The van der Waals surface area contributed by atoms with Crippen LogP contribution in [0.5, 0.6) is 5.75 Å². The van der Waals surface area contributed by atoms with Crippen LogP contribution in [-0.4, -0.2) is 23.2 Å². The SMILES string of the molecule is CCCCOc1cccc(C(=O)NC(=S)NC23CC4CC(CC(C4)C2)C3)c1. The van der Waals surface area contributed by atoms with Gasteiger partial charge in [0.05, 0.1) is 6.61 Å². The van der Waals surface area contributed by atoms with E-state index in [1.54, 1.807) is 12.1 Å². The number of carbonyl (C=O) groups is 1. The second kappa shape index (κ2) is 7.78. The van der Waals surface area contributed by atoms with Gasteiger partial charge in [-0.3, -0.25) is 10.1 Å². The van der Waals surface area contributed by atoms with Gasteiger partial charge in [0, 0.05) is 11.1 Å². The Morgan fingerprint density at radius 3 is 2.48 bits per heavy atom. The van der Waals surface area contributed by atoms with Gasteiger partial charge < -0.3 is 10.1 Å². The molecule has 5 rings (SSSR count). The highest BCUT2D eigenvalue weighted by molar-refractivity contribution is 7.80. The monoisotopic (exact) mass is 386 g/mol. The fourth-order valence-corrected chi connectivity index (χ4v) is 6.08. The van der Waals surface area contributed by atoms with Crippen molar-refractivity contribution in [2.24, 2.45) is 17.8 Å². The first kappa shape index (κ1) is 18.7. The van der Waals surface area contributed by atoms with Crippen LogP contribution in [0.2, 0.25) is 0 Å². The van der Waals surface area contributed by atoms with Gasteiger partial charge in [-0.2, -0.15) is 0 Å². The molecule has 0 atom stereocenters. The predicted molar refractivity (Wildman–Crippen MR) is 111 cm³/mol. The van der Waals surface area contributed by atoms with E-state index in [0.717, 1.165) is 36.3 Å². The zero-order valence-electron chi connectivity index (χ0n) is 16.1. The Bertz CT molecular complexity index is 683. The van der Waals surface area contributed by atoms with E-state index in [1.165, 1.54) is 38.5 Å². The molecule has 4 fully saturated rings. The zero-order chi connectivity index (χ0) is 18.9. The summed E-state index contributed by atoms with van der Waals surface area (Å²) >= 11 is 5.51. The summed E-state index contributed by atoms with van der Waals surface area (Å²) < 4.78 is 5.70. The van der Waals surface area contributed by atoms with E-state index in [0.29, 0.717) is 17.3 Å². The molecule has 4 aliphatic rings. The third-order valence-electron chi connectivity index (χ3n) is 6.51. The van der Waals surface area contributed by atoms with Gasteiger partial charge in [0.15, 0.2) is 5.11 Å². The summed E-state index contributed by atoms with van der Waals surface area (Å²) in [6.07, 6.45) is 9.89. The molecular formula is C22H30N2O2S. The number of thiocarbonyl (C=S) groups is 1. The van der Waals surface area contributed by atoms with Gasteiger partial charge in [-0.25, -0.2) is 0 Å². The minimum absolute atomic E-state index is 0.115. The van der Waals surface area contributed by atoms with Gasteiger partial charge in [0.25, 0.3) is 5.91 Å². The van der Waals surface area contributed by atoms with Crippen molar-refractivity contribution in [2.45, 2.75) is 63.8 Å². The maximum Gasteiger partial charge on any atom is 0.257 e. The molecule has 0 heterocycles. The van der Waals surface area contributed by atoms with Crippen LogP contribution in [0.3, 0.4) is 0 Å². The number of ether oxygens (including phenoxy) is 1.